The van der Waals surface area contributed by atoms with Crippen molar-refractivity contribution in [2.75, 3.05) is 0 Å². The molecular weight excluding hydrogens is 373 g/mol. The van der Waals surface area contributed by atoms with Crippen molar-refractivity contribution in [2.45, 2.75) is 24.5 Å². The number of thiazole rings is 1. The van der Waals surface area contributed by atoms with E-state index in [1.807, 2.05) is 26.0 Å². The molecule has 0 radical (unpaired) electrons. The maximum absolute atomic E-state index is 12.7. The van der Waals surface area contributed by atoms with E-state index in [0.29, 0.717) is 5.02 Å². The van der Waals surface area contributed by atoms with Gasteiger partial charge in [0, 0.05) is 5.02 Å². The number of benzene rings is 2. The first kappa shape index (κ1) is 16.7. The molecule has 0 aliphatic carbocycles. The highest BCUT2D eigenvalue weighted by molar-refractivity contribution is 7.90. The molecule has 0 unspecified atom stereocenters. The van der Waals surface area contributed by atoms with Gasteiger partial charge in [-0.25, -0.2) is 13.4 Å². The number of hydrogen-bond donors (Lipinski definition) is 0. The summed E-state index contributed by atoms with van der Waals surface area (Å²) in [6, 6.07) is 8.28. The number of fused-ring (bicyclic) bond motifs is 1. The van der Waals surface area contributed by atoms with Gasteiger partial charge >= 0.3 is 0 Å². The van der Waals surface area contributed by atoms with Gasteiger partial charge in [-0.1, -0.05) is 23.2 Å². The number of sulfone groups is 1. The molecule has 0 saturated carbocycles. The topological polar surface area (TPSA) is 47.0 Å². The van der Waals surface area contributed by atoms with Crippen molar-refractivity contribution < 1.29 is 8.42 Å². The summed E-state index contributed by atoms with van der Waals surface area (Å²) in [5.41, 5.74) is 2.54. The smallest absolute Gasteiger partial charge is 0.184 e. The molecule has 3 aromatic rings. The Bertz CT molecular complexity index is 1010. The van der Waals surface area contributed by atoms with Crippen molar-refractivity contribution in [3.8, 4) is 0 Å². The summed E-state index contributed by atoms with van der Waals surface area (Å²) in [6.07, 6.45) is 0. The standard InChI is InChI=1S/C16H13Cl2NO2S2/c1-9-5-14-15(22-10(2)19-14)6-11(9)8-23(20,21)16-7-12(17)3-4-13(16)18/h3-7H,8H2,1-2H3. The van der Waals surface area contributed by atoms with E-state index in [2.05, 4.69) is 4.98 Å². The number of aryl methyl sites for hydroxylation is 2. The van der Waals surface area contributed by atoms with E-state index in [-0.39, 0.29) is 15.7 Å². The zero-order valence-corrected chi connectivity index (χ0v) is 15.6. The lowest BCUT2D eigenvalue weighted by Gasteiger charge is -2.09. The average Bonchev–Trinajstić information content (AvgIpc) is 2.80. The fourth-order valence-corrected chi connectivity index (χ4v) is 5.52. The van der Waals surface area contributed by atoms with E-state index in [4.69, 9.17) is 23.2 Å². The summed E-state index contributed by atoms with van der Waals surface area (Å²) in [5, 5.41) is 1.48. The van der Waals surface area contributed by atoms with Crippen LogP contribution in [0.4, 0.5) is 0 Å². The highest BCUT2D eigenvalue weighted by atomic mass is 35.5. The molecule has 0 aliphatic heterocycles. The van der Waals surface area contributed by atoms with Crippen LogP contribution in [0.2, 0.25) is 10.0 Å². The molecule has 0 aliphatic rings. The van der Waals surface area contributed by atoms with Gasteiger partial charge < -0.3 is 0 Å². The molecule has 3 rings (SSSR count). The third-order valence-corrected chi connectivity index (χ3v) is 6.84. The van der Waals surface area contributed by atoms with E-state index in [1.165, 1.54) is 12.1 Å². The first-order chi connectivity index (χ1) is 10.8. The molecule has 0 amide bonds. The predicted octanol–water partition coefficient (Wildman–Crippen LogP) is 5.19. The quantitative estimate of drug-likeness (QED) is 0.622. The fourth-order valence-electron chi connectivity index (χ4n) is 2.39. The molecule has 0 bridgehead atoms. The first-order valence-electron chi connectivity index (χ1n) is 6.81. The van der Waals surface area contributed by atoms with Crippen LogP contribution >= 0.6 is 34.5 Å². The molecule has 2 aromatic carbocycles. The van der Waals surface area contributed by atoms with Gasteiger partial charge in [0.1, 0.15) is 0 Å². The number of hydrogen-bond acceptors (Lipinski definition) is 4. The summed E-state index contributed by atoms with van der Waals surface area (Å²) in [4.78, 5) is 4.49. The Hall–Kier alpha value is -1.14. The molecular formula is C16H13Cl2NO2S2. The Balaban J connectivity index is 2.06. The SMILES string of the molecule is Cc1nc2cc(C)c(CS(=O)(=O)c3cc(Cl)ccc3Cl)cc2s1. The van der Waals surface area contributed by atoms with Gasteiger partial charge in [-0.2, -0.15) is 0 Å². The molecule has 23 heavy (non-hydrogen) atoms. The lowest BCUT2D eigenvalue weighted by atomic mass is 10.1. The molecule has 0 atom stereocenters. The second-order valence-corrected chi connectivity index (χ2v) is 9.35. The average molecular weight is 386 g/mol. The predicted molar refractivity (Wildman–Crippen MR) is 96.4 cm³/mol. The molecule has 0 N–H and O–H groups in total. The normalized spacial score (nSPS) is 12.0. The molecule has 0 saturated heterocycles. The Morgan fingerprint density at radius 3 is 2.61 bits per heavy atom. The van der Waals surface area contributed by atoms with Gasteiger partial charge in [0.2, 0.25) is 0 Å². The number of nitrogens with zero attached hydrogens (tertiary/aromatic N) is 1. The van der Waals surface area contributed by atoms with E-state index in [0.717, 1.165) is 26.4 Å². The summed E-state index contributed by atoms with van der Waals surface area (Å²) in [6.45, 7) is 3.82. The Morgan fingerprint density at radius 1 is 1.13 bits per heavy atom. The largest absolute Gasteiger partial charge is 0.242 e. The maximum atomic E-state index is 12.7. The third-order valence-electron chi connectivity index (χ3n) is 3.53. The molecule has 120 valence electrons. The number of aromatic nitrogens is 1. The lowest BCUT2D eigenvalue weighted by molar-refractivity contribution is 0.595. The second-order valence-electron chi connectivity index (χ2n) is 5.31. The van der Waals surface area contributed by atoms with E-state index in [9.17, 15) is 8.42 Å². The van der Waals surface area contributed by atoms with Gasteiger partial charge in [-0.15, -0.1) is 11.3 Å². The summed E-state index contributed by atoms with van der Waals surface area (Å²) < 4.78 is 26.4. The van der Waals surface area contributed by atoms with Crippen LogP contribution in [0.1, 0.15) is 16.1 Å². The highest BCUT2D eigenvalue weighted by Crippen LogP contribution is 2.30. The van der Waals surface area contributed by atoms with Crippen LogP contribution in [0.15, 0.2) is 35.2 Å². The zero-order chi connectivity index (χ0) is 16.8. The van der Waals surface area contributed by atoms with Gasteiger partial charge in [0.05, 0.1) is 30.9 Å². The van der Waals surface area contributed by atoms with Crippen LogP contribution in [0.25, 0.3) is 10.2 Å². The van der Waals surface area contributed by atoms with Crippen LogP contribution < -0.4 is 0 Å². The van der Waals surface area contributed by atoms with Crippen molar-refractivity contribution >= 4 is 54.6 Å². The van der Waals surface area contributed by atoms with Crippen molar-refractivity contribution in [3.05, 3.63) is 56.5 Å². The summed E-state index contributed by atoms with van der Waals surface area (Å²) in [7, 11) is -3.58. The summed E-state index contributed by atoms with van der Waals surface area (Å²) in [5.74, 6) is -0.119. The number of halogens is 2. The van der Waals surface area contributed by atoms with Crippen LogP contribution in [-0.2, 0) is 15.6 Å². The molecule has 0 spiro atoms. The molecule has 1 aromatic heterocycles. The highest BCUT2D eigenvalue weighted by Gasteiger charge is 2.21. The van der Waals surface area contributed by atoms with Crippen LogP contribution in [-0.4, -0.2) is 13.4 Å². The van der Waals surface area contributed by atoms with Gasteiger partial charge in [-0.05, 0) is 55.3 Å². The number of rotatable bonds is 3. The molecule has 1 heterocycles. The lowest BCUT2D eigenvalue weighted by Crippen LogP contribution is -2.07. The van der Waals surface area contributed by atoms with E-state index < -0.39 is 9.84 Å². The minimum atomic E-state index is -3.58. The molecule has 3 nitrogen and oxygen atoms in total. The van der Waals surface area contributed by atoms with Crippen molar-refractivity contribution in [2.24, 2.45) is 0 Å². The summed E-state index contributed by atoms with van der Waals surface area (Å²) >= 11 is 13.5. The van der Waals surface area contributed by atoms with E-state index in [1.54, 1.807) is 17.4 Å². The Morgan fingerprint density at radius 2 is 1.87 bits per heavy atom. The van der Waals surface area contributed by atoms with Crippen molar-refractivity contribution in [3.63, 3.8) is 0 Å². The second kappa shape index (κ2) is 6.06. The fraction of sp³-hybridized carbons (Fsp3) is 0.188. The Labute approximate surface area is 148 Å². The van der Waals surface area contributed by atoms with Crippen LogP contribution in [0.3, 0.4) is 0 Å². The monoisotopic (exact) mass is 385 g/mol. The van der Waals surface area contributed by atoms with Crippen molar-refractivity contribution in [1.82, 2.24) is 4.98 Å². The minimum absolute atomic E-state index is 0.0617. The Kier molecular flexibility index (Phi) is 4.40. The zero-order valence-electron chi connectivity index (χ0n) is 12.4. The third kappa shape index (κ3) is 3.38. The first-order valence-corrected chi connectivity index (χ1v) is 10.0. The van der Waals surface area contributed by atoms with E-state index >= 15 is 0 Å². The van der Waals surface area contributed by atoms with Crippen LogP contribution in [0.5, 0.6) is 0 Å². The maximum Gasteiger partial charge on any atom is 0.184 e. The van der Waals surface area contributed by atoms with Gasteiger partial charge in [0.15, 0.2) is 9.84 Å². The van der Waals surface area contributed by atoms with Crippen molar-refractivity contribution in [1.29, 1.82) is 0 Å². The molecule has 0 fully saturated rings. The van der Waals surface area contributed by atoms with Gasteiger partial charge in [-0.3, -0.25) is 0 Å². The molecule has 7 heteroatoms. The minimum Gasteiger partial charge on any atom is -0.242 e. The van der Waals surface area contributed by atoms with Crippen LogP contribution in [0, 0.1) is 13.8 Å². The van der Waals surface area contributed by atoms with Gasteiger partial charge in [0.25, 0.3) is 0 Å².